The van der Waals surface area contributed by atoms with Crippen LogP contribution in [0, 0.1) is 6.92 Å². The van der Waals surface area contributed by atoms with E-state index < -0.39 is 5.63 Å². The second kappa shape index (κ2) is 12.7. The zero-order valence-electron chi connectivity index (χ0n) is 18.8. The van der Waals surface area contributed by atoms with Gasteiger partial charge in [0, 0.05) is 19.6 Å². The van der Waals surface area contributed by atoms with Crippen molar-refractivity contribution in [3.63, 3.8) is 0 Å². The smallest absolute Gasteiger partial charge is 0.349 e. The van der Waals surface area contributed by atoms with Crippen LogP contribution in [0.3, 0.4) is 0 Å². The van der Waals surface area contributed by atoms with Crippen molar-refractivity contribution >= 4 is 12.4 Å². The molecule has 1 saturated heterocycles. The van der Waals surface area contributed by atoms with Crippen molar-refractivity contribution < 1.29 is 28.6 Å². The quantitative estimate of drug-likeness (QED) is 0.622. The fourth-order valence-electron chi connectivity index (χ4n) is 3.79. The summed E-state index contributed by atoms with van der Waals surface area (Å²) < 4.78 is 16.2. The van der Waals surface area contributed by atoms with Gasteiger partial charge >= 0.3 is 5.63 Å². The second-order valence-electron chi connectivity index (χ2n) is 7.47. The first-order valence-corrected chi connectivity index (χ1v) is 10.7. The third-order valence-electron chi connectivity index (χ3n) is 5.39. The number of amides is 1. The minimum Gasteiger partial charge on any atom is -0.497 e. The van der Waals surface area contributed by atoms with Crippen molar-refractivity contribution in [2.75, 3.05) is 26.9 Å². The molecule has 174 valence electrons. The van der Waals surface area contributed by atoms with Crippen LogP contribution in [0.2, 0.25) is 0 Å². The van der Waals surface area contributed by atoms with Crippen LogP contribution < -0.4 is 10.4 Å². The highest BCUT2D eigenvalue weighted by atomic mass is 16.5. The summed E-state index contributed by atoms with van der Waals surface area (Å²) in [6.07, 6.45) is 3.15. The maximum absolute atomic E-state index is 13.0. The molecule has 2 aromatic rings. The summed E-state index contributed by atoms with van der Waals surface area (Å²) in [6, 6.07) is 9.64. The summed E-state index contributed by atoms with van der Waals surface area (Å²) in [7, 11) is 1.64. The molecule has 2 heterocycles. The maximum atomic E-state index is 13.0. The molecule has 0 aliphatic carbocycles. The summed E-state index contributed by atoms with van der Waals surface area (Å²) >= 11 is 0. The lowest BCUT2D eigenvalue weighted by molar-refractivity contribution is -0.122. The summed E-state index contributed by atoms with van der Waals surface area (Å²) in [6.45, 7) is 5.25. The first-order chi connectivity index (χ1) is 15.4. The maximum Gasteiger partial charge on any atom is 0.349 e. The molecule has 1 unspecified atom stereocenters. The number of hydrogen-bond donors (Lipinski definition) is 1. The third-order valence-corrected chi connectivity index (χ3v) is 5.39. The van der Waals surface area contributed by atoms with E-state index >= 15 is 0 Å². The molecule has 1 amide bonds. The zero-order valence-corrected chi connectivity index (χ0v) is 18.8. The van der Waals surface area contributed by atoms with Crippen molar-refractivity contribution in [1.29, 1.82) is 0 Å². The Kier molecular flexibility index (Phi) is 9.94. The Morgan fingerprint density at radius 2 is 1.97 bits per heavy atom. The van der Waals surface area contributed by atoms with Gasteiger partial charge in [-0.2, -0.15) is 0 Å². The van der Waals surface area contributed by atoms with Gasteiger partial charge in [0.1, 0.15) is 17.1 Å². The Morgan fingerprint density at radius 1 is 1.28 bits per heavy atom. The van der Waals surface area contributed by atoms with Gasteiger partial charge in [0.15, 0.2) is 0 Å². The fraction of sp³-hybridized carbons (Fsp3) is 0.458. The summed E-state index contributed by atoms with van der Waals surface area (Å²) in [5, 5.41) is 6.89. The van der Waals surface area contributed by atoms with Crippen LogP contribution in [0.4, 0.5) is 0 Å². The van der Waals surface area contributed by atoms with Crippen LogP contribution in [0.5, 0.6) is 5.75 Å². The number of methoxy groups -OCH3 is 1. The molecule has 1 N–H and O–H groups in total. The molecule has 0 radical (unpaired) electrons. The molecule has 1 aromatic carbocycles. The zero-order chi connectivity index (χ0) is 23.5. The van der Waals surface area contributed by atoms with E-state index in [1.807, 2.05) is 37.3 Å². The van der Waals surface area contributed by atoms with Gasteiger partial charge in [0.2, 0.25) is 0 Å². The van der Waals surface area contributed by atoms with Gasteiger partial charge in [-0.3, -0.25) is 9.59 Å². The van der Waals surface area contributed by atoms with Crippen LogP contribution in [0.15, 0.2) is 39.5 Å². The minimum atomic E-state index is -0.554. The van der Waals surface area contributed by atoms with Crippen molar-refractivity contribution in [1.82, 2.24) is 4.90 Å². The number of hydrogen-bond acceptors (Lipinski definition) is 6. The Bertz CT molecular complexity index is 936. The minimum absolute atomic E-state index is 0.0241. The average molecular weight is 446 g/mol. The Labute approximate surface area is 187 Å². The second-order valence-corrected chi connectivity index (χ2v) is 7.47. The van der Waals surface area contributed by atoms with Crippen LogP contribution in [0.25, 0.3) is 0 Å². The molecule has 0 spiro atoms. The molecular formula is C24H31NO7. The lowest BCUT2D eigenvalue weighted by Gasteiger charge is -2.24. The molecule has 0 bridgehead atoms. The molecule has 1 atom stereocenters. The van der Waals surface area contributed by atoms with E-state index in [2.05, 4.69) is 0 Å². The first kappa shape index (κ1) is 25.1. The molecule has 1 aliphatic rings. The van der Waals surface area contributed by atoms with Crippen molar-refractivity contribution in [3.05, 3.63) is 63.2 Å². The van der Waals surface area contributed by atoms with E-state index in [-0.39, 0.29) is 24.0 Å². The van der Waals surface area contributed by atoms with E-state index in [9.17, 15) is 9.59 Å². The Balaban J connectivity index is 0.00000114. The third kappa shape index (κ3) is 6.68. The molecule has 1 aliphatic heterocycles. The number of benzene rings is 1. The number of aryl methyl sites for hydroxylation is 3. The normalized spacial score (nSPS) is 15.1. The van der Waals surface area contributed by atoms with Gasteiger partial charge in [0.25, 0.3) is 12.4 Å². The molecule has 1 aromatic heterocycles. The van der Waals surface area contributed by atoms with Crippen molar-refractivity contribution in [3.8, 4) is 5.75 Å². The fourth-order valence-corrected chi connectivity index (χ4v) is 3.79. The van der Waals surface area contributed by atoms with E-state index in [0.29, 0.717) is 37.5 Å². The molecule has 0 saturated carbocycles. The van der Waals surface area contributed by atoms with Crippen LogP contribution in [-0.2, 0) is 22.4 Å². The van der Waals surface area contributed by atoms with Gasteiger partial charge < -0.3 is 23.9 Å². The highest BCUT2D eigenvalue weighted by molar-refractivity contribution is 5.95. The standard InChI is InChI=1S/C23H29NO5.CH2O2/c1-4-28-15-18-6-5-13-24(18)22(25)21-16(2)14-20(29-23(21)26)12-9-17-7-10-19(27-3)11-8-17;2-1-3/h7-8,10-11,14,18H,4-6,9,12-13,15H2,1-3H3;1H,(H,2,3). The summed E-state index contributed by atoms with van der Waals surface area (Å²) in [4.78, 5) is 35.7. The van der Waals surface area contributed by atoms with Gasteiger partial charge in [-0.05, 0) is 62.4 Å². The van der Waals surface area contributed by atoms with Crippen LogP contribution in [-0.4, -0.2) is 55.3 Å². The highest BCUT2D eigenvalue weighted by Gasteiger charge is 2.32. The summed E-state index contributed by atoms with van der Waals surface area (Å²) in [5.41, 5.74) is 1.38. The monoisotopic (exact) mass is 445 g/mol. The number of nitrogens with zero attached hydrogens (tertiary/aromatic N) is 1. The van der Waals surface area contributed by atoms with E-state index in [1.54, 1.807) is 18.9 Å². The molecular weight excluding hydrogens is 414 g/mol. The number of carbonyl (C=O) groups excluding carboxylic acids is 1. The highest BCUT2D eigenvalue weighted by Crippen LogP contribution is 2.21. The number of ether oxygens (including phenoxy) is 2. The summed E-state index contributed by atoms with van der Waals surface area (Å²) in [5.74, 6) is 1.15. The number of carboxylic acid groups (broad SMARTS) is 1. The average Bonchev–Trinajstić information content (AvgIpc) is 3.25. The van der Waals surface area contributed by atoms with E-state index in [1.165, 1.54) is 0 Å². The molecule has 8 nitrogen and oxygen atoms in total. The van der Waals surface area contributed by atoms with Gasteiger partial charge in [-0.25, -0.2) is 4.79 Å². The number of carbonyl (C=O) groups is 2. The van der Waals surface area contributed by atoms with E-state index in [0.717, 1.165) is 30.6 Å². The SMILES string of the molecule is CCOCC1CCCN1C(=O)c1c(C)cc(CCc2ccc(OC)cc2)oc1=O.O=CO. The number of likely N-dealkylation sites (tertiary alicyclic amines) is 1. The van der Waals surface area contributed by atoms with Crippen molar-refractivity contribution in [2.24, 2.45) is 0 Å². The first-order valence-electron chi connectivity index (χ1n) is 10.7. The van der Waals surface area contributed by atoms with E-state index in [4.69, 9.17) is 23.8 Å². The lowest BCUT2D eigenvalue weighted by atomic mass is 10.1. The molecule has 32 heavy (non-hydrogen) atoms. The Morgan fingerprint density at radius 3 is 2.56 bits per heavy atom. The van der Waals surface area contributed by atoms with Gasteiger partial charge in [-0.15, -0.1) is 0 Å². The number of rotatable bonds is 8. The molecule has 3 rings (SSSR count). The Hall–Kier alpha value is -3.13. The van der Waals surface area contributed by atoms with Gasteiger partial charge in [-0.1, -0.05) is 12.1 Å². The van der Waals surface area contributed by atoms with Crippen LogP contribution in [0.1, 0.15) is 47.0 Å². The van der Waals surface area contributed by atoms with Gasteiger partial charge in [0.05, 0.1) is 19.8 Å². The predicted molar refractivity (Wildman–Crippen MR) is 119 cm³/mol. The predicted octanol–water partition coefficient (Wildman–Crippen LogP) is 3.08. The van der Waals surface area contributed by atoms with Crippen molar-refractivity contribution in [2.45, 2.75) is 45.6 Å². The largest absolute Gasteiger partial charge is 0.497 e. The topological polar surface area (TPSA) is 106 Å². The molecule has 1 fully saturated rings. The molecule has 8 heteroatoms. The van der Waals surface area contributed by atoms with Crippen LogP contribution >= 0.6 is 0 Å². The lowest BCUT2D eigenvalue weighted by Crippen LogP contribution is -2.40.